The molecule has 0 bridgehead atoms. The average molecular weight is 440 g/mol. The standard InChI is InChI=1S/C27H25N3O3/c1-20-10-8-9-13-22(20)18-24(29-27(32)33-19-21-11-4-2-5-12-21)25(31)26-28-16-17-30(26)23-14-6-3-7-15-23/h2-17,24H,18-19H2,1H3,(H,29,32). The van der Waals surface area contributed by atoms with Gasteiger partial charge in [-0.15, -0.1) is 0 Å². The summed E-state index contributed by atoms with van der Waals surface area (Å²) in [4.78, 5) is 30.5. The minimum atomic E-state index is -0.834. The maximum absolute atomic E-state index is 13.6. The summed E-state index contributed by atoms with van der Waals surface area (Å²) in [6, 6.07) is 25.9. The predicted octanol–water partition coefficient (Wildman–Crippen LogP) is 4.90. The van der Waals surface area contributed by atoms with E-state index < -0.39 is 12.1 Å². The van der Waals surface area contributed by atoms with Gasteiger partial charge >= 0.3 is 6.09 Å². The number of rotatable bonds is 8. The lowest BCUT2D eigenvalue weighted by Gasteiger charge is -2.19. The molecule has 6 nitrogen and oxygen atoms in total. The quantitative estimate of drug-likeness (QED) is 0.396. The Bertz CT molecular complexity index is 1220. The number of para-hydroxylation sites is 1. The van der Waals surface area contributed by atoms with Crippen LogP contribution in [-0.4, -0.2) is 27.5 Å². The first-order chi connectivity index (χ1) is 16.1. The van der Waals surface area contributed by atoms with E-state index in [0.29, 0.717) is 6.42 Å². The maximum atomic E-state index is 13.6. The maximum Gasteiger partial charge on any atom is 0.408 e. The molecule has 1 aromatic heterocycles. The average Bonchev–Trinajstić information content (AvgIpc) is 3.34. The Hall–Kier alpha value is -4.19. The van der Waals surface area contributed by atoms with Gasteiger partial charge in [0.25, 0.3) is 0 Å². The summed E-state index contributed by atoms with van der Waals surface area (Å²) in [5.41, 5.74) is 3.70. The Kier molecular flexibility index (Phi) is 6.95. The molecule has 0 aliphatic carbocycles. The largest absolute Gasteiger partial charge is 0.445 e. The zero-order valence-electron chi connectivity index (χ0n) is 18.3. The summed E-state index contributed by atoms with van der Waals surface area (Å²) >= 11 is 0. The number of benzene rings is 3. The van der Waals surface area contributed by atoms with Gasteiger partial charge in [-0.25, -0.2) is 9.78 Å². The van der Waals surface area contributed by atoms with Gasteiger partial charge in [0, 0.05) is 24.5 Å². The highest BCUT2D eigenvalue weighted by Crippen LogP contribution is 2.16. The van der Waals surface area contributed by atoms with Crippen LogP contribution in [0.2, 0.25) is 0 Å². The molecular formula is C27H25N3O3. The lowest BCUT2D eigenvalue weighted by atomic mass is 9.98. The molecule has 4 rings (SSSR count). The first kappa shape index (κ1) is 22.0. The van der Waals surface area contributed by atoms with Crippen LogP contribution in [0.4, 0.5) is 4.79 Å². The molecule has 0 saturated heterocycles. The van der Waals surface area contributed by atoms with Crippen molar-refractivity contribution in [1.29, 1.82) is 0 Å². The SMILES string of the molecule is Cc1ccccc1CC(NC(=O)OCc1ccccc1)C(=O)c1nccn1-c1ccccc1. The predicted molar refractivity (Wildman–Crippen MR) is 126 cm³/mol. The van der Waals surface area contributed by atoms with Crippen molar-refractivity contribution in [3.63, 3.8) is 0 Å². The van der Waals surface area contributed by atoms with Crippen LogP contribution in [0, 0.1) is 6.92 Å². The van der Waals surface area contributed by atoms with E-state index >= 15 is 0 Å². The third-order valence-corrected chi connectivity index (χ3v) is 5.40. The summed E-state index contributed by atoms with van der Waals surface area (Å²) in [5, 5.41) is 2.77. The van der Waals surface area contributed by atoms with Gasteiger partial charge in [-0.3, -0.25) is 9.36 Å². The summed E-state index contributed by atoms with van der Waals surface area (Å²) in [6.45, 7) is 2.10. The number of aryl methyl sites for hydroxylation is 1. The number of hydrogen-bond donors (Lipinski definition) is 1. The van der Waals surface area contributed by atoms with E-state index in [1.54, 1.807) is 17.0 Å². The molecule has 1 N–H and O–H groups in total. The molecule has 0 spiro atoms. The van der Waals surface area contributed by atoms with Crippen molar-refractivity contribution < 1.29 is 14.3 Å². The molecule has 1 atom stereocenters. The van der Waals surface area contributed by atoms with Gasteiger partial charge in [-0.1, -0.05) is 72.8 Å². The zero-order valence-corrected chi connectivity index (χ0v) is 18.3. The Morgan fingerprint density at radius 3 is 2.33 bits per heavy atom. The summed E-state index contributed by atoms with van der Waals surface area (Å²) in [7, 11) is 0. The molecule has 0 aliphatic rings. The smallest absolute Gasteiger partial charge is 0.408 e. The molecule has 0 fully saturated rings. The lowest BCUT2D eigenvalue weighted by molar-refractivity contribution is 0.0905. The van der Waals surface area contributed by atoms with Crippen LogP contribution in [0.5, 0.6) is 0 Å². The van der Waals surface area contributed by atoms with E-state index in [9.17, 15) is 9.59 Å². The number of imidazole rings is 1. The highest BCUT2D eigenvalue weighted by molar-refractivity contribution is 5.99. The monoisotopic (exact) mass is 439 g/mol. The number of ether oxygens (including phenoxy) is 1. The zero-order chi connectivity index (χ0) is 23.0. The number of nitrogens with zero attached hydrogens (tertiary/aromatic N) is 2. The van der Waals surface area contributed by atoms with E-state index in [-0.39, 0.29) is 18.2 Å². The van der Waals surface area contributed by atoms with Crippen LogP contribution in [0.15, 0.2) is 97.3 Å². The van der Waals surface area contributed by atoms with Gasteiger partial charge in [0.05, 0.1) is 0 Å². The van der Waals surface area contributed by atoms with Gasteiger partial charge in [-0.05, 0) is 35.7 Å². The number of nitrogens with one attached hydrogen (secondary N) is 1. The number of hydrogen-bond acceptors (Lipinski definition) is 4. The minimum absolute atomic E-state index is 0.122. The number of amides is 1. The molecule has 1 heterocycles. The number of carbonyl (C=O) groups is 2. The van der Waals surface area contributed by atoms with E-state index in [1.807, 2.05) is 91.9 Å². The van der Waals surface area contributed by atoms with Crippen molar-refractivity contribution >= 4 is 11.9 Å². The van der Waals surface area contributed by atoms with Gasteiger partial charge < -0.3 is 10.1 Å². The number of alkyl carbamates (subject to hydrolysis) is 1. The van der Waals surface area contributed by atoms with E-state index in [2.05, 4.69) is 10.3 Å². The Morgan fingerprint density at radius 2 is 1.61 bits per heavy atom. The van der Waals surface area contributed by atoms with Gasteiger partial charge in [0.15, 0.2) is 5.82 Å². The molecule has 4 aromatic rings. The van der Waals surface area contributed by atoms with Crippen LogP contribution < -0.4 is 5.32 Å². The first-order valence-corrected chi connectivity index (χ1v) is 10.8. The second-order valence-electron chi connectivity index (χ2n) is 7.71. The van der Waals surface area contributed by atoms with Crippen molar-refractivity contribution in [1.82, 2.24) is 14.9 Å². The molecule has 0 saturated carbocycles. The molecule has 166 valence electrons. The van der Waals surface area contributed by atoms with E-state index in [4.69, 9.17) is 4.74 Å². The van der Waals surface area contributed by atoms with Crippen LogP contribution in [0.1, 0.15) is 27.3 Å². The van der Waals surface area contributed by atoms with Crippen LogP contribution >= 0.6 is 0 Å². The van der Waals surface area contributed by atoms with Crippen molar-refractivity contribution in [2.75, 3.05) is 0 Å². The molecule has 33 heavy (non-hydrogen) atoms. The third kappa shape index (κ3) is 5.54. The topological polar surface area (TPSA) is 73.2 Å². The van der Waals surface area contributed by atoms with Crippen LogP contribution in [-0.2, 0) is 17.8 Å². The van der Waals surface area contributed by atoms with E-state index in [1.165, 1.54) is 0 Å². The highest BCUT2D eigenvalue weighted by atomic mass is 16.5. The second-order valence-corrected chi connectivity index (χ2v) is 7.71. The minimum Gasteiger partial charge on any atom is -0.445 e. The van der Waals surface area contributed by atoms with Crippen molar-refractivity contribution in [3.05, 3.63) is 120 Å². The van der Waals surface area contributed by atoms with Gasteiger partial charge in [0.2, 0.25) is 5.78 Å². The number of carbonyl (C=O) groups excluding carboxylic acids is 2. The number of ketones is 1. The Morgan fingerprint density at radius 1 is 0.939 bits per heavy atom. The number of Topliss-reactive ketones (excluding diaryl/α,β-unsaturated/α-hetero) is 1. The van der Waals surface area contributed by atoms with Crippen LogP contribution in [0.25, 0.3) is 5.69 Å². The molecule has 1 amide bonds. The lowest BCUT2D eigenvalue weighted by Crippen LogP contribution is -2.43. The first-order valence-electron chi connectivity index (χ1n) is 10.8. The third-order valence-electron chi connectivity index (χ3n) is 5.40. The molecule has 3 aromatic carbocycles. The summed E-state index contributed by atoms with van der Waals surface area (Å²) in [6.07, 6.45) is 3.00. The molecule has 1 unspecified atom stereocenters. The summed E-state index contributed by atoms with van der Waals surface area (Å²) in [5.74, 6) is -0.0353. The van der Waals surface area contributed by atoms with Crippen LogP contribution in [0.3, 0.4) is 0 Å². The fourth-order valence-corrected chi connectivity index (χ4v) is 3.61. The summed E-state index contributed by atoms with van der Waals surface area (Å²) < 4.78 is 7.11. The van der Waals surface area contributed by atoms with Crippen molar-refractivity contribution in [3.8, 4) is 5.69 Å². The Balaban J connectivity index is 1.56. The fraction of sp³-hybridized carbons (Fsp3) is 0.148. The van der Waals surface area contributed by atoms with Crippen molar-refractivity contribution in [2.24, 2.45) is 0 Å². The highest BCUT2D eigenvalue weighted by Gasteiger charge is 2.27. The number of aromatic nitrogens is 2. The van der Waals surface area contributed by atoms with E-state index in [0.717, 1.165) is 22.4 Å². The molecule has 0 aliphatic heterocycles. The molecule has 0 radical (unpaired) electrons. The Labute approximate surface area is 192 Å². The van der Waals surface area contributed by atoms with Crippen molar-refractivity contribution in [2.45, 2.75) is 26.0 Å². The molecular weight excluding hydrogens is 414 g/mol. The second kappa shape index (κ2) is 10.4. The van der Waals surface area contributed by atoms with Gasteiger partial charge in [0.1, 0.15) is 12.6 Å². The molecule has 6 heteroatoms. The van der Waals surface area contributed by atoms with Gasteiger partial charge in [-0.2, -0.15) is 0 Å². The normalized spacial score (nSPS) is 11.5. The fourth-order valence-electron chi connectivity index (χ4n) is 3.61.